The summed E-state index contributed by atoms with van der Waals surface area (Å²) in [5.41, 5.74) is -0.228. The molecule has 18 heavy (non-hydrogen) atoms. The van der Waals surface area contributed by atoms with Crippen LogP contribution in [0.5, 0.6) is 0 Å². The highest BCUT2D eigenvalue weighted by atomic mass is 35.5. The van der Waals surface area contributed by atoms with Crippen LogP contribution in [0, 0.1) is 16.0 Å². The molecule has 0 fully saturated rings. The molecule has 6 nitrogen and oxygen atoms in total. The normalized spacial score (nSPS) is 11.1. The molecular formula is C11H17ClN4O2. The van der Waals surface area contributed by atoms with Gasteiger partial charge in [-0.3, -0.25) is 10.1 Å². The van der Waals surface area contributed by atoms with E-state index in [4.69, 9.17) is 11.6 Å². The molecule has 0 saturated heterocycles. The third kappa shape index (κ3) is 3.29. The van der Waals surface area contributed by atoms with Crippen LogP contribution in [0.15, 0.2) is 6.33 Å². The van der Waals surface area contributed by atoms with E-state index in [2.05, 4.69) is 9.97 Å². The van der Waals surface area contributed by atoms with Gasteiger partial charge < -0.3 is 4.90 Å². The van der Waals surface area contributed by atoms with Crippen LogP contribution in [-0.2, 0) is 0 Å². The summed E-state index contributed by atoms with van der Waals surface area (Å²) in [5.74, 6) is 0.643. The fourth-order valence-corrected chi connectivity index (χ4v) is 1.85. The van der Waals surface area contributed by atoms with Gasteiger partial charge in [0.1, 0.15) is 6.33 Å². The Morgan fingerprint density at radius 1 is 1.39 bits per heavy atom. The highest BCUT2D eigenvalue weighted by molar-refractivity contribution is 6.31. The zero-order valence-corrected chi connectivity index (χ0v) is 11.7. The van der Waals surface area contributed by atoms with Crippen LogP contribution in [0.2, 0.25) is 5.15 Å². The molecule has 0 aromatic carbocycles. The van der Waals surface area contributed by atoms with Crippen LogP contribution in [0.4, 0.5) is 11.5 Å². The minimum atomic E-state index is -0.534. The first-order valence-corrected chi connectivity index (χ1v) is 6.13. The highest BCUT2D eigenvalue weighted by Crippen LogP contribution is 2.32. The molecule has 1 heterocycles. The van der Waals surface area contributed by atoms with Crippen molar-refractivity contribution in [2.24, 2.45) is 5.92 Å². The third-order valence-electron chi connectivity index (χ3n) is 2.40. The summed E-state index contributed by atoms with van der Waals surface area (Å²) in [4.78, 5) is 20.1. The average Bonchev–Trinajstić information content (AvgIpc) is 2.24. The van der Waals surface area contributed by atoms with E-state index in [1.54, 1.807) is 0 Å². The lowest BCUT2D eigenvalue weighted by Crippen LogP contribution is -2.35. The van der Waals surface area contributed by atoms with Crippen LogP contribution < -0.4 is 4.90 Å². The van der Waals surface area contributed by atoms with Gasteiger partial charge in [0, 0.05) is 12.6 Å². The van der Waals surface area contributed by atoms with E-state index in [1.807, 2.05) is 32.6 Å². The van der Waals surface area contributed by atoms with E-state index in [9.17, 15) is 10.1 Å². The fraction of sp³-hybridized carbons (Fsp3) is 0.636. The second kappa shape index (κ2) is 5.95. The number of hydrogen-bond donors (Lipinski definition) is 0. The molecule has 0 unspecified atom stereocenters. The van der Waals surface area contributed by atoms with Gasteiger partial charge in [0.05, 0.1) is 4.92 Å². The zero-order chi connectivity index (χ0) is 13.9. The summed E-state index contributed by atoms with van der Waals surface area (Å²) in [6.07, 6.45) is 1.25. The third-order valence-corrected chi connectivity index (χ3v) is 2.67. The number of aromatic nitrogens is 2. The second-order valence-corrected chi connectivity index (χ2v) is 5.09. The number of hydrogen-bond acceptors (Lipinski definition) is 5. The fourth-order valence-electron chi connectivity index (χ4n) is 1.65. The molecule has 0 aliphatic carbocycles. The monoisotopic (exact) mass is 272 g/mol. The highest BCUT2D eigenvalue weighted by Gasteiger charge is 2.27. The van der Waals surface area contributed by atoms with E-state index in [-0.39, 0.29) is 22.7 Å². The van der Waals surface area contributed by atoms with Gasteiger partial charge >= 0.3 is 5.69 Å². The number of nitrogens with zero attached hydrogens (tertiary/aromatic N) is 4. The molecule has 1 aromatic rings. The maximum absolute atomic E-state index is 11.1. The lowest BCUT2D eigenvalue weighted by Gasteiger charge is -2.28. The maximum Gasteiger partial charge on any atom is 0.348 e. The summed E-state index contributed by atoms with van der Waals surface area (Å²) in [5, 5.41) is 10.9. The van der Waals surface area contributed by atoms with Crippen molar-refractivity contribution in [1.29, 1.82) is 0 Å². The quantitative estimate of drug-likeness (QED) is 0.468. The van der Waals surface area contributed by atoms with Crippen molar-refractivity contribution in [3.63, 3.8) is 0 Å². The van der Waals surface area contributed by atoms with Gasteiger partial charge in [0.2, 0.25) is 11.0 Å². The van der Waals surface area contributed by atoms with Crippen molar-refractivity contribution < 1.29 is 4.92 Å². The summed E-state index contributed by atoms with van der Waals surface area (Å²) in [6.45, 7) is 8.68. The minimum absolute atomic E-state index is 0.0945. The minimum Gasteiger partial charge on any atom is -0.348 e. The van der Waals surface area contributed by atoms with Gasteiger partial charge in [-0.25, -0.2) is 9.97 Å². The Labute approximate surface area is 111 Å². The molecule has 1 aromatic heterocycles. The van der Waals surface area contributed by atoms with Crippen molar-refractivity contribution in [2.75, 3.05) is 11.4 Å². The molecule has 0 atom stereocenters. The second-order valence-electron chi connectivity index (χ2n) is 4.73. The molecule has 0 saturated carbocycles. The largest absolute Gasteiger partial charge is 0.348 e. The number of rotatable bonds is 5. The molecule has 0 amide bonds. The SMILES string of the molecule is CC(C)CN(c1ncnc(Cl)c1[N+](=O)[O-])C(C)C. The van der Waals surface area contributed by atoms with Gasteiger partial charge in [-0.15, -0.1) is 0 Å². The Hall–Kier alpha value is -1.43. The van der Waals surface area contributed by atoms with Gasteiger partial charge in [0.25, 0.3) is 0 Å². The first-order chi connectivity index (χ1) is 8.34. The summed E-state index contributed by atoms with van der Waals surface area (Å²) < 4.78 is 0. The molecule has 0 aliphatic rings. The Kier molecular flexibility index (Phi) is 4.84. The van der Waals surface area contributed by atoms with Gasteiger partial charge in [-0.2, -0.15) is 0 Å². The Morgan fingerprint density at radius 3 is 2.44 bits per heavy atom. The standard InChI is InChI=1S/C11H17ClN4O2/c1-7(2)5-15(8(3)4)11-9(16(17)18)10(12)13-6-14-11/h6-8H,5H2,1-4H3. The number of anilines is 1. The van der Waals surface area contributed by atoms with E-state index in [0.29, 0.717) is 12.5 Å². The molecule has 7 heteroatoms. The van der Waals surface area contributed by atoms with E-state index >= 15 is 0 Å². The Balaban J connectivity index is 3.27. The molecule has 100 valence electrons. The summed E-state index contributed by atoms with van der Waals surface area (Å²) in [7, 11) is 0. The van der Waals surface area contributed by atoms with Crippen molar-refractivity contribution in [3.05, 3.63) is 21.6 Å². The maximum atomic E-state index is 11.1. The zero-order valence-electron chi connectivity index (χ0n) is 10.9. The summed E-state index contributed by atoms with van der Waals surface area (Å²) >= 11 is 5.79. The van der Waals surface area contributed by atoms with Gasteiger partial charge in [-0.1, -0.05) is 25.4 Å². The number of nitro groups is 1. The van der Waals surface area contributed by atoms with Crippen LogP contribution >= 0.6 is 11.6 Å². The summed E-state index contributed by atoms with van der Waals surface area (Å²) in [6, 6.07) is 0.0945. The topological polar surface area (TPSA) is 72.2 Å². The molecule has 0 aliphatic heterocycles. The average molecular weight is 273 g/mol. The smallest absolute Gasteiger partial charge is 0.348 e. The van der Waals surface area contributed by atoms with Gasteiger partial charge in [-0.05, 0) is 19.8 Å². The van der Waals surface area contributed by atoms with Crippen LogP contribution in [-0.4, -0.2) is 27.5 Å². The molecule has 0 radical (unpaired) electrons. The van der Waals surface area contributed by atoms with Crippen molar-refractivity contribution in [2.45, 2.75) is 33.7 Å². The van der Waals surface area contributed by atoms with Crippen molar-refractivity contribution >= 4 is 23.1 Å². The van der Waals surface area contributed by atoms with E-state index < -0.39 is 4.92 Å². The van der Waals surface area contributed by atoms with E-state index in [1.165, 1.54) is 6.33 Å². The first-order valence-electron chi connectivity index (χ1n) is 5.76. The lowest BCUT2D eigenvalue weighted by molar-refractivity contribution is -0.384. The van der Waals surface area contributed by atoms with E-state index in [0.717, 1.165) is 0 Å². The Morgan fingerprint density at radius 2 is 2.00 bits per heavy atom. The molecular weight excluding hydrogens is 256 g/mol. The molecule has 0 bridgehead atoms. The molecule has 0 N–H and O–H groups in total. The van der Waals surface area contributed by atoms with Crippen LogP contribution in [0.25, 0.3) is 0 Å². The Bertz CT molecular complexity index is 437. The van der Waals surface area contributed by atoms with Crippen molar-refractivity contribution in [1.82, 2.24) is 9.97 Å². The van der Waals surface area contributed by atoms with Crippen LogP contribution in [0.1, 0.15) is 27.7 Å². The lowest BCUT2D eigenvalue weighted by atomic mass is 10.1. The molecule has 1 rings (SSSR count). The van der Waals surface area contributed by atoms with Crippen LogP contribution in [0.3, 0.4) is 0 Å². The first kappa shape index (κ1) is 14.6. The number of halogens is 1. The predicted molar refractivity (Wildman–Crippen MR) is 71.0 cm³/mol. The predicted octanol–water partition coefficient (Wildman–Crippen LogP) is 2.91. The van der Waals surface area contributed by atoms with Crippen molar-refractivity contribution in [3.8, 4) is 0 Å². The molecule has 0 spiro atoms. The van der Waals surface area contributed by atoms with Gasteiger partial charge in [0.15, 0.2) is 0 Å².